The molecule has 0 aromatic rings. The van der Waals surface area contributed by atoms with Gasteiger partial charge in [0.25, 0.3) is 0 Å². The zero-order valence-electron chi connectivity index (χ0n) is 11.0. The molecule has 2 heteroatoms. The maximum atomic E-state index is 10.0. The molecule has 0 amide bonds. The molecule has 0 saturated carbocycles. The zero-order valence-corrected chi connectivity index (χ0v) is 11.0. The molecular formula is C13H25NO. The van der Waals surface area contributed by atoms with E-state index < -0.39 is 5.60 Å². The van der Waals surface area contributed by atoms with Gasteiger partial charge in [-0.15, -0.1) is 0 Å². The standard InChI is InChI=1S/C13H25NO/c1-7-13(6,15)9-12(8-10(2)3)14-11(4)5/h8,11,15H,7,9H2,1-6H3. The summed E-state index contributed by atoms with van der Waals surface area (Å²) >= 11 is 0. The summed E-state index contributed by atoms with van der Waals surface area (Å²) in [5.74, 6) is 0. The third-order valence-corrected chi connectivity index (χ3v) is 2.20. The maximum Gasteiger partial charge on any atom is 0.0672 e. The highest BCUT2D eigenvalue weighted by atomic mass is 16.3. The lowest BCUT2D eigenvalue weighted by molar-refractivity contribution is 0.0639. The van der Waals surface area contributed by atoms with Crippen molar-refractivity contribution >= 4 is 5.71 Å². The molecule has 2 nitrogen and oxygen atoms in total. The molecular weight excluding hydrogens is 186 g/mol. The van der Waals surface area contributed by atoms with E-state index in [4.69, 9.17) is 0 Å². The Labute approximate surface area is 94.1 Å². The quantitative estimate of drug-likeness (QED) is 0.695. The Morgan fingerprint density at radius 2 is 1.93 bits per heavy atom. The molecule has 0 aromatic heterocycles. The highest BCUT2D eigenvalue weighted by Crippen LogP contribution is 2.16. The Kier molecular flexibility index (Phi) is 5.81. The Hall–Kier alpha value is -0.630. The summed E-state index contributed by atoms with van der Waals surface area (Å²) in [5.41, 5.74) is 1.58. The topological polar surface area (TPSA) is 32.6 Å². The van der Waals surface area contributed by atoms with Crippen molar-refractivity contribution < 1.29 is 5.11 Å². The molecule has 0 aromatic carbocycles. The molecule has 0 radical (unpaired) electrons. The van der Waals surface area contributed by atoms with E-state index in [0.29, 0.717) is 6.42 Å². The molecule has 88 valence electrons. The van der Waals surface area contributed by atoms with Gasteiger partial charge in [-0.3, -0.25) is 4.99 Å². The molecule has 1 atom stereocenters. The predicted octanol–water partition coefficient (Wildman–Crippen LogP) is 3.35. The van der Waals surface area contributed by atoms with E-state index in [-0.39, 0.29) is 6.04 Å². The maximum absolute atomic E-state index is 10.0. The molecule has 0 aliphatic carbocycles. The van der Waals surface area contributed by atoms with Crippen molar-refractivity contribution in [2.75, 3.05) is 0 Å². The summed E-state index contributed by atoms with van der Waals surface area (Å²) < 4.78 is 0. The van der Waals surface area contributed by atoms with Gasteiger partial charge in [-0.25, -0.2) is 0 Å². The fourth-order valence-electron chi connectivity index (χ4n) is 1.31. The highest BCUT2D eigenvalue weighted by molar-refractivity contribution is 5.96. The van der Waals surface area contributed by atoms with E-state index in [2.05, 4.69) is 38.8 Å². The predicted molar refractivity (Wildman–Crippen MR) is 67.5 cm³/mol. The first-order valence-electron chi connectivity index (χ1n) is 5.71. The fourth-order valence-corrected chi connectivity index (χ4v) is 1.31. The SMILES string of the molecule is CCC(C)(O)CC(C=C(C)C)=NC(C)C. The van der Waals surface area contributed by atoms with Crippen molar-refractivity contribution in [3.05, 3.63) is 11.6 Å². The Morgan fingerprint density at radius 3 is 2.27 bits per heavy atom. The van der Waals surface area contributed by atoms with Gasteiger partial charge in [0.05, 0.1) is 5.60 Å². The molecule has 15 heavy (non-hydrogen) atoms. The van der Waals surface area contributed by atoms with Crippen LogP contribution in [0.2, 0.25) is 0 Å². The van der Waals surface area contributed by atoms with Crippen LogP contribution >= 0.6 is 0 Å². The average molecular weight is 211 g/mol. The molecule has 0 spiro atoms. The first-order valence-corrected chi connectivity index (χ1v) is 5.71. The molecule has 0 heterocycles. The van der Waals surface area contributed by atoms with E-state index in [0.717, 1.165) is 12.1 Å². The van der Waals surface area contributed by atoms with Gasteiger partial charge in [0.1, 0.15) is 0 Å². The van der Waals surface area contributed by atoms with Gasteiger partial charge >= 0.3 is 0 Å². The second-order valence-electron chi connectivity index (χ2n) is 4.96. The lowest BCUT2D eigenvalue weighted by atomic mass is 9.95. The summed E-state index contributed by atoms with van der Waals surface area (Å²) in [7, 11) is 0. The van der Waals surface area contributed by atoms with E-state index in [9.17, 15) is 5.11 Å². The van der Waals surface area contributed by atoms with Crippen LogP contribution in [0, 0.1) is 0 Å². The van der Waals surface area contributed by atoms with Crippen LogP contribution in [0.15, 0.2) is 16.6 Å². The Morgan fingerprint density at radius 1 is 1.40 bits per heavy atom. The van der Waals surface area contributed by atoms with Gasteiger partial charge in [-0.1, -0.05) is 12.5 Å². The van der Waals surface area contributed by atoms with Crippen LogP contribution in [0.3, 0.4) is 0 Å². The average Bonchev–Trinajstić information content (AvgIpc) is 2.00. The third-order valence-electron chi connectivity index (χ3n) is 2.20. The number of nitrogens with zero attached hydrogens (tertiary/aromatic N) is 1. The van der Waals surface area contributed by atoms with Gasteiger partial charge in [-0.2, -0.15) is 0 Å². The van der Waals surface area contributed by atoms with Crippen LogP contribution in [0.5, 0.6) is 0 Å². The zero-order chi connectivity index (χ0) is 12.1. The summed E-state index contributed by atoms with van der Waals surface area (Å²) in [6.45, 7) is 12.1. The van der Waals surface area contributed by atoms with E-state index in [1.165, 1.54) is 5.57 Å². The van der Waals surface area contributed by atoms with Crippen LogP contribution in [-0.4, -0.2) is 22.5 Å². The van der Waals surface area contributed by atoms with Crippen LogP contribution in [-0.2, 0) is 0 Å². The van der Waals surface area contributed by atoms with Crippen molar-refractivity contribution in [3.63, 3.8) is 0 Å². The van der Waals surface area contributed by atoms with Crippen molar-refractivity contribution in [3.8, 4) is 0 Å². The largest absolute Gasteiger partial charge is 0.390 e. The molecule has 0 aliphatic rings. The number of allylic oxidation sites excluding steroid dienone is 2. The smallest absolute Gasteiger partial charge is 0.0672 e. The van der Waals surface area contributed by atoms with Crippen LogP contribution in [0.4, 0.5) is 0 Å². The van der Waals surface area contributed by atoms with Gasteiger partial charge < -0.3 is 5.11 Å². The minimum atomic E-state index is -0.639. The van der Waals surface area contributed by atoms with Crippen LogP contribution < -0.4 is 0 Å². The van der Waals surface area contributed by atoms with Crippen molar-refractivity contribution in [1.29, 1.82) is 0 Å². The van der Waals surface area contributed by atoms with Gasteiger partial charge in [0.15, 0.2) is 0 Å². The number of aliphatic hydroxyl groups is 1. The van der Waals surface area contributed by atoms with E-state index in [1.807, 2.05) is 13.8 Å². The fraction of sp³-hybridized carbons (Fsp3) is 0.769. The summed E-state index contributed by atoms with van der Waals surface area (Å²) in [4.78, 5) is 4.53. The second kappa shape index (κ2) is 6.06. The van der Waals surface area contributed by atoms with Crippen LogP contribution in [0.1, 0.15) is 54.4 Å². The summed E-state index contributed by atoms with van der Waals surface area (Å²) in [6.07, 6.45) is 3.44. The molecule has 0 bridgehead atoms. The number of hydrogen-bond acceptors (Lipinski definition) is 2. The lowest BCUT2D eigenvalue weighted by Gasteiger charge is -2.21. The van der Waals surface area contributed by atoms with Crippen LogP contribution in [0.25, 0.3) is 0 Å². The summed E-state index contributed by atoms with van der Waals surface area (Å²) in [5, 5.41) is 10.0. The Bertz CT molecular complexity index is 245. The second-order valence-corrected chi connectivity index (χ2v) is 4.96. The monoisotopic (exact) mass is 211 g/mol. The minimum absolute atomic E-state index is 0.281. The van der Waals surface area contributed by atoms with E-state index >= 15 is 0 Å². The van der Waals surface area contributed by atoms with Crippen molar-refractivity contribution in [2.24, 2.45) is 4.99 Å². The normalized spacial score (nSPS) is 16.4. The molecule has 0 fully saturated rings. The molecule has 0 saturated heterocycles. The molecule has 0 aliphatic heterocycles. The molecule has 0 rings (SSSR count). The lowest BCUT2D eigenvalue weighted by Crippen LogP contribution is -2.26. The van der Waals surface area contributed by atoms with Gasteiger partial charge in [0, 0.05) is 18.2 Å². The number of hydrogen-bond donors (Lipinski definition) is 1. The molecule has 1 N–H and O–H groups in total. The Balaban J connectivity index is 4.75. The number of aliphatic imine (C=N–C) groups is 1. The van der Waals surface area contributed by atoms with Crippen molar-refractivity contribution in [2.45, 2.75) is 66.0 Å². The first-order chi connectivity index (χ1) is 6.76. The third kappa shape index (κ3) is 7.32. The highest BCUT2D eigenvalue weighted by Gasteiger charge is 2.19. The first kappa shape index (κ1) is 14.4. The number of rotatable bonds is 5. The minimum Gasteiger partial charge on any atom is -0.390 e. The van der Waals surface area contributed by atoms with Crippen molar-refractivity contribution in [1.82, 2.24) is 0 Å². The van der Waals surface area contributed by atoms with Gasteiger partial charge in [-0.05, 0) is 47.1 Å². The van der Waals surface area contributed by atoms with Gasteiger partial charge in [0.2, 0.25) is 0 Å². The molecule has 1 unspecified atom stereocenters. The van der Waals surface area contributed by atoms with E-state index in [1.54, 1.807) is 0 Å². The summed E-state index contributed by atoms with van der Waals surface area (Å²) in [6, 6.07) is 0.281.